The highest BCUT2D eigenvalue weighted by molar-refractivity contribution is 5.75. The van der Waals surface area contributed by atoms with E-state index in [1.807, 2.05) is 0 Å². The van der Waals surface area contributed by atoms with Gasteiger partial charge in [-0.3, -0.25) is 4.79 Å². The topological polar surface area (TPSA) is 55.6 Å². The van der Waals surface area contributed by atoms with Crippen molar-refractivity contribution in [2.75, 3.05) is 26.2 Å². The molecule has 0 spiro atoms. The molecule has 1 aliphatic rings. The molecule has 0 aromatic carbocycles. The second kappa shape index (κ2) is 5.64. The Kier molecular flexibility index (Phi) is 4.74. The Morgan fingerprint density at radius 2 is 2.00 bits per heavy atom. The normalized spacial score (nSPS) is 22.8. The summed E-state index contributed by atoms with van der Waals surface area (Å²) in [5, 5.41) is 0. The number of hydrogen-bond donors (Lipinski definition) is 1. The maximum atomic E-state index is 11.4. The van der Waals surface area contributed by atoms with Crippen molar-refractivity contribution >= 4 is 5.97 Å². The second-order valence-electron chi connectivity index (χ2n) is 5.32. The smallest absolute Gasteiger partial charge is 0.324 e. The number of piperidine rings is 1. The third kappa shape index (κ3) is 4.10. The van der Waals surface area contributed by atoms with Gasteiger partial charge in [-0.05, 0) is 38.3 Å². The van der Waals surface area contributed by atoms with Crippen molar-refractivity contribution in [3.05, 3.63) is 0 Å². The number of nitrogens with two attached hydrogens (primary N) is 1. The van der Waals surface area contributed by atoms with Gasteiger partial charge in [0.15, 0.2) is 0 Å². The zero-order valence-electron chi connectivity index (χ0n) is 10.7. The zero-order valence-corrected chi connectivity index (χ0v) is 10.7. The third-order valence-corrected chi connectivity index (χ3v) is 3.25. The predicted molar refractivity (Wildman–Crippen MR) is 64.1 cm³/mol. The number of rotatable bonds is 4. The summed E-state index contributed by atoms with van der Waals surface area (Å²) in [4.78, 5) is 13.6. The molecule has 4 nitrogen and oxygen atoms in total. The summed E-state index contributed by atoms with van der Waals surface area (Å²) >= 11 is 0. The van der Waals surface area contributed by atoms with Crippen LogP contribution in [0.3, 0.4) is 0 Å². The summed E-state index contributed by atoms with van der Waals surface area (Å²) in [6.45, 7) is 9.45. The highest BCUT2D eigenvalue weighted by Gasteiger charge is 2.27. The summed E-state index contributed by atoms with van der Waals surface area (Å²) in [6.07, 6.45) is 2.34. The molecule has 1 rings (SSSR count). The largest absolute Gasteiger partial charge is 0.465 e. The number of likely N-dealkylation sites (tertiary alicyclic amines) is 1. The van der Waals surface area contributed by atoms with Gasteiger partial charge in [0.05, 0.1) is 6.61 Å². The van der Waals surface area contributed by atoms with Crippen LogP contribution in [0.5, 0.6) is 0 Å². The first-order valence-electron chi connectivity index (χ1n) is 6.09. The minimum absolute atomic E-state index is 0.285. The molecule has 0 saturated carbocycles. The van der Waals surface area contributed by atoms with E-state index in [0.29, 0.717) is 18.6 Å². The first-order chi connectivity index (χ1) is 7.44. The Balaban J connectivity index is 2.30. The van der Waals surface area contributed by atoms with Gasteiger partial charge in [-0.1, -0.05) is 13.8 Å². The lowest BCUT2D eigenvalue weighted by atomic mass is 9.82. The molecule has 0 aromatic heterocycles. The molecule has 1 fully saturated rings. The Bertz CT molecular complexity index is 231. The van der Waals surface area contributed by atoms with Crippen LogP contribution in [-0.2, 0) is 9.53 Å². The first kappa shape index (κ1) is 13.5. The van der Waals surface area contributed by atoms with E-state index in [9.17, 15) is 4.79 Å². The van der Waals surface area contributed by atoms with Crippen molar-refractivity contribution in [1.82, 2.24) is 4.90 Å². The molecule has 1 heterocycles. The minimum Gasteiger partial charge on any atom is -0.465 e. The molecule has 1 unspecified atom stereocenters. The lowest BCUT2D eigenvalue weighted by Crippen LogP contribution is -2.47. The lowest BCUT2D eigenvalue weighted by Gasteiger charge is -2.37. The summed E-state index contributed by atoms with van der Waals surface area (Å²) in [6, 6.07) is -0.499. The number of carbonyl (C=O) groups excluding carboxylic acids is 1. The van der Waals surface area contributed by atoms with E-state index in [-0.39, 0.29) is 5.97 Å². The Hall–Kier alpha value is -0.610. The van der Waals surface area contributed by atoms with Gasteiger partial charge in [-0.25, -0.2) is 0 Å². The van der Waals surface area contributed by atoms with Crippen LogP contribution >= 0.6 is 0 Å². The highest BCUT2D eigenvalue weighted by Crippen LogP contribution is 2.29. The van der Waals surface area contributed by atoms with E-state index in [0.717, 1.165) is 13.1 Å². The minimum atomic E-state index is -0.499. The van der Waals surface area contributed by atoms with Crippen molar-refractivity contribution in [3.63, 3.8) is 0 Å². The van der Waals surface area contributed by atoms with E-state index < -0.39 is 6.04 Å². The average molecular weight is 228 g/mol. The van der Waals surface area contributed by atoms with E-state index in [2.05, 4.69) is 18.7 Å². The molecule has 16 heavy (non-hydrogen) atoms. The Morgan fingerprint density at radius 3 is 2.50 bits per heavy atom. The van der Waals surface area contributed by atoms with Gasteiger partial charge in [0.1, 0.15) is 6.04 Å². The van der Waals surface area contributed by atoms with Crippen LogP contribution < -0.4 is 5.73 Å². The second-order valence-corrected chi connectivity index (χ2v) is 5.32. The molecule has 1 atom stereocenters. The van der Waals surface area contributed by atoms with Gasteiger partial charge in [0.2, 0.25) is 0 Å². The number of hydrogen-bond acceptors (Lipinski definition) is 4. The number of esters is 1. The summed E-state index contributed by atoms with van der Waals surface area (Å²) < 4.78 is 4.90. The van der Waals surface area contributed by atoms with Crippen LogP contribution in [0, 0.1) is 5.41 Å². The quantitative estimate of drug-likeness (QED) is 0.729. The Morgan fingerprint density at radius 1 is 1.44 bits per heavy atom. The van der Waals surface area contributed by atoms with Crippen LogP contribution in [-0.4, -0.2) is 43.2 Å². The maximum Gasteiger partial charge on any atom is 0.324 e. The fourth-order valence-corrected chi connectivity index (χ4v) is 1.94. The standard InChI is InChI=1S/C12H24N2O2/c1-4-16-11(15)10(13)9-14-7-5-12(2,3)6-8-14/h10H,4-9,13H2,1-3H3. The molecular formula is C12H24N2O2. The van der Waals surface area contributed by atoms with Crippen molar-refractivity contribution in [3.8, 4) is 0 Å². The maximum absolute atomic E-state index is 11.4. The number of nitrogens with zero attached hydrogens (tertiary/aromatic N) is 1. The van der Waals surface area contributed by atoms with Gasteiger partial charge < -0.3 is 15.4 Å². The fourth-order valence-electron chi connectivity index (χ4n) is 1.94. The van der Waals surface area contributed by atoms with Gasteiger partial charge in [-0.2, -0.15) is 0 Å². The lowest BCUT2D eigenvalue weighted by molar-refractivity contribution is -0.145. The molecule has 0 aliphatic carbocycles. The predicted octanol–water partition coefficient (Wildman–Crippen LogP) is 0.999. The molecule has 94 valence electrons. The highest BCUT2D eigenvalue weighted by atomic mass is 16.5. The number of carbonyl (C=O) groups is 1. The van der Waals surface area contributed by atoms with E-state index in [1.54, 1.807) is 6.92 Å². The number of ether oxygens (including phenoxy) is 1. The van der Waals surface area contributed by atoms with Gasteiger partial charge >= 0.3 is 5.97 Å². The first-order valence-corrected chi connectivity index (χ1v) is 6.09. The van der Waals surface area contributed by atoms with Crippen molar-refractivity contribution in [2.24, 2.45) is 11.1 Å². The van der Waals surface area contributed by atoms with E-state index in [1.165, 1.54) is 12.8 Å². The van der Waals surface area contributed by atoms with E-state index in [4.69, 9.17) is 10.5 Å². The van der Waals surface area contributed by atoms with Crippen LogP contribution in [0.2, 0.25) is 0 Å². The summed E-state index contributed by atoms with van der Waals surface area (Å²) in [5.74, 6) is -0.285. The van der Waals surface area contributed by atoms with E-state index >= 15 is 0 Å². The molecule has 0 bridgehead atoms. The van der Waals surface area contributed by atoms with Gasteiger partial charge in [-0.15, -0.1) is 0 Å². The van der Waals surface area contributed by atoms with Gasteiger partial charge in [0.25, 0.3) is 0 Å². The van der Waals surface area contributed by atoms with Crippen LogP contribution in [0.25, 0.3) is 0 Å². The van der Waals surface area contributed by atoms with Gasteiger partial charge in [0, 0.05) is 6.54 Å². The molecule has 0 aromatic rings. The zero-order chi connectivity index (χ0) is 12.2. The fraction of sp³-hybridized carbons (Fsp3) is 0.917. The van der Waals surface area contributed by atoms with Crippen LogP contribution in [0.15, 0.2) is 0 Å². The van der Waals surface area contributed by atoms with Crippen molar-refractivity contribution in [2.45, 2.75) is 39.7 Å². The molecule has 2 N–H and O–H groups in total. The molecule has 1 aliphatic heterocycles. The van der Waals surface area contributed by atoms with Crippen LogP contribution in [0.4, 0.5) is 0 Å². The average Bonchev–Trinajstić information content (AvgIpc) is 2.21. The third-order valence-electron chi connectivity index (χ3n) is 3.25. The SMILES string of the molecule is CCOC(=O)C(N)CN1CCC(C)(C)CC1. The summed E-state index contributed by atoms with van der Waals surface area (Å²) in [5.41, 5.74) is 6.22. The molecule has 4 heteroatoms. The monoisotopic (exact) mass is 228 g/mol. The summed E-state index contributed by atoms with van der Waals surface area (Å²) in [7, 11) is 0. The van der Waals surface area contributed by atoms with Crippen LogP contribution in [0.1, 0.15) is 33.6 Å². The molecule has 1 saturated heterocycles. The Labute approximate surface area is 98.1 Å². The molecular weight excluding hydrogens is 204 g/mol. The van der Waals surface area contributed by atoms with Crippen molar-refractivity contribution in [1.29, 1.82) is 0 Å². The molecule has 0 radical (unpaired) electrons. The van der Waals surface area contributed by atoms with Crippen molar-refractivity contribution < 1.29 is 9.53 Å². The molecule has 0 amide bonds.